The van der Waals surface area contributed by atoms with E-state index >= 15 is 0 Å². The van der Waals surface area contributed by atoms with Gasteiger partial charge in [0.15, 0.2) is 0 Å². The van der Waals surface area contributed by atoms with E-state index in [1.165, 1.54) is 25.9 Å². The van der Waals surface area contributed by atoms with Crippen molar-refractivity contribution in [1.29, 1.82) is 0 Å². The van der Waals surface area contributed by atoms with Crippen LogP contribution in [0.3, 0.4) is 0 Å². The van der Waals surface area contributed by atoms with Gasteiger partial charge in [-0.3, -0.25) is 0 Å². The zero-order valence-electron chi connectivity index (χ0n) is 26.2. The fraction of sp³-hybridized carbons (Fsp3) is 0.400. The minimum Gasteiger partial charge on any atom is -0.449 e. The topological polar surface area (TPSA) is 38.7 Å². The van der Waals surface area contributed by atoms with Gasteiger partial charge in [0.05, 0.1) is 8.80 Å². The Kier molecular flexibility index (Phi) is 9.63. The fourth-order valence-electron chi connectivity index (χ4n) is 5.27. The fourth-order valence-corrected chi connectivity index (χ4v) is 23.1. The minimum absolute atomic E-state index is 0.430. The molecular formula is C30H49O3Si6. The van der Waals surface area contributed by atoms with E-state index in [0.29, 0.717) is 0 Å². The Morgan fingerprint density at radius 2 is 0.667 bits per heavy atom. The normalized spacial score (nSPS) is 13.7. The summed E-state index contributed by atoms with van der Waals surface area (Å²) in [5, 5.41) is 7.85. The Morgan fingerprint density at radius 1 is 0.436 bits per heavy atom. The standard InChI is InChI=1S/C30H49O3Si6/c1-34(2)25-13-15-27(16-14-25)36(5,6)32-38(9,10)29-21-23-30(24-22-29)39(11,12)33-37(7,8)28-19-17-26(18-20-28)35(3,4)31/h13-24,31H,1-12H3. The van der Waals surface area contributed by atoms with Crippen molar-refractivity contribution < 1.29 is 13.0 Å². The van der Waals surface area contributed by atoms with E-state index in [4.69, 9.17) is 8.23 Å². The molecule has 3 aromatic carbocycles. The van der Waals surface area contributed by atoms with Crippen LogP contribution in [-0.4, -0.2) is 55.2 Å². The van der Waals surface area contributed by atoms with Crippen molar-refractivity contribution in [2.24, 2.45) is 0 Å². The zero-order chi connectivity index (χ0) is 29.4. The molecule has 39 heavy (non-hydrogen) atoms. The first-order valence-electron chi connectivity index (χ1n) is 14.0. The van der Waals surface area contributed by atoms with E-state index in [-0.39, 0.29) is 0 Å². The molecule has 211 valence electrons. The highest BCUT2D eigenvalue weighted by Crippen LogP contribution is 2.18. The van der Waals surface area contributed by atoms with E-state index in [0.717, 1.165) is 5.19 Å². The summed E-state index contributed by atoms with van der Waals surface area (Å²) >= 11 is 0. The molecule has 0 aliphatic heterocycles. The van der Waals surface area contributed by atoms with Gasteiger partial charge in [0.1, 0.15) is 0 Å². The van der Waals surface area contributed by atoms with Crippen molar-refractivity contribution in [3.05, 3.63) is 72.8 Å². The van der Waals surface area contributed by atoms with Crippen molar-refractivity contribution >= 4 is 81.5 Å². The van der Waals surface area contributed by atoms with Crippen LogP contribution in [0.5, 0.6) is 0 Å². The molecule has 9 heteroatoms. The molecule has 3 aromatic rings. The molecular weight excluding hydrogens is 577 g/mol. The summed E-state index contributed by atoms with van der Waals surface area (Å²) in [4.78, 5) is 10.5. The summed E-state index contributed by atoms with van der Waals surface area (Å²) in [6, 6.07) is 27.0. The summed E-state index contributed by atoms with van der Waals surface area (Å²) < 4.78 is 14.1. The van der Waals surface area contributed by atoms with Crippen LogP contribution < -0.4 is 31.1 Å². The Labute approximate surface area is 244 Å². The van der Waals surface area contributed by atoms with Crippen LogP contribution in [0.25, 0.3) is 0 Å². The van der Waals surface area contributed by atoms with Crippen LogP contribution in [0.1, 0.15) is 0 Å². The first kappa shape index (κ1) is 32.4. The average Bonchev–Trinajstić information content (AvgIpc) is 2.82. The van der Waals surface area contributed by atoms with Gasteiger partial charge in [-0.2, -0.15) is 0 Å². The highest BCUT2D eigenvalue weighted by atomic mass is 28.4. The molecule has 1 radical (unpaired) electrons. The maximum absolute atomic E-state index is 10.5. The third-order valence-electron chi connectivity index (χ3n) is 7.74. The maximum atomic E-state index is 10.5. The van der Waals surface area contributed by atoms with E-state index in [1.807, 2.05) is 13.1 Å². The summed E-state index contributed by atoms with van der Waals surface area (Å²) in [5.74, 6) is 0. The molecule has 0 aromatic heterocycles. The van der Waals surface area contributed by atoms with Crippen molar-refractivity contribution in [3.8, 4) is 0 Å². The molecule has 0 amide bonds. The monoisotopic (exact) mass is 625 g/mol. The third-order valence-corrected chi connectivity index (χ3v) is 26.0. The average molecular weight is 626 g/mol. The van der Waals surface area contributed by atoms with Gasteiger partial charge >= 0.3 is 0 Å². The Morgan fingerprint density at radius 3 is 0.897 bits per heavy atom. The van der Waals surface area contributed by atoms with E-state index in [9.17, 15) is 4.80 Å². The molecule has 0 unspecified atom stereocenters. The lowest BCUT2D eigenvalue weighted by atomic mass is 10.4. The lowest BCUT2D eigenvalue weighted by Crippen LogP contribution is -2.59. The number of rotatable bonds is 10. The third kappa shape index (κ3) is 7.98. The predicted octanol–water partition coefficient (Wildman–Crippen LogP) is 4.13. The molecule has 1 N–H and O–H groups in total. The van der Waals surface area contributed by atoms with Crippen LogP contribution in [0.15, 0.2) is 72.8 Å². The maximum Gasteiger partial charge on any atom is 0.213 e. The van der Waals surface area contributed by atoms with Gasteiger partial charge < -0.3 is 13.0 Å². The van der Waals surface area contributed by atoms with Crippen LogP contribution in [0, 0.1) is 0 Å². The van der Waals surface area contributed by atoms with E-state index in [1.54, 1.807) is 0 Å². The highest BCUT2D eigenvalue weighted by molar-refractivity contribution is 6.98. The van der Waals surface area contributed by atoms with Crippen LogP contribution in [0.4, 0.5) is 0 Å². The summed E-state index contributed by atoms with van der Waals surface area (Å²) in [5.41, 5.74) is 0. The van der Waals surface area contributed by atoms with Gasteiger partial charge in [0.2, 0.25) is 41.6 Å². The van der Waals surface area contributed by atoms with Crippen LogP contribution >= 0.6 is 0 Å². The van der Waals surface area contributed by atoms with Crippen LogP contribution in [0.2, 0.25) is 78.6 Å². The first-order valence-corrected chi connectivity index (χ1v) is 31.1. The lowest BCUT2D eigenvalue weighted by Gasteiger charge is -2.36. The molecule has 0 aliphatic carbocycles. The molecule has 0 saturated carbocycles. The van der Waals surface area contributed by atoms with Crippen molar-refractivity contribution in [2.75, 3.05) is 0 Å². The minimum atomic E-state index is -2.30. The summed E-state index contributed by atoms with van der Waals surface area (Å²) in [7, 11) is -11.1. The van der Waals surface area contributed by atoms with Crippen LogP contribution in [-0.2, 0) is 8.23 Å². The van der Waals surface area contributed by atoms with Gasteiger partial charge in [0, 0.05) is 0 Å². The largest absolute Gasteiger partial charge is 0.449 e. The number of hydrogen-bond donors (Lipinski definition) is 1. The Bertz CT molecular complexity index is 1240. The van der Waals surface area contributed by atoms with E-state index < -0.39 is 50.4 Å². The SMILES string of the molecule is C[Si](C)c1ccc([Si](C)(C)O[Si](C)(C)c2ccc([Si](C)(C)O[Si](C)(C)c3ccc([Si](C)(C)O)cc3)cc2)cc1. The molecule has 3 nitrogen and oxygen atoms in total. The highest BCUT2D eigenvalue weighted by Gasteiger charge is 2.38. The lowest BCUT2D eigenvalue weighted by molar-refractivity contribution is 0.568. The number of benzene rings is 3. The Balaban J connectivity index is 1.76. The molecule has 0 fully saturated rings. The second-order valence-corrected chi connectivity index (χ2v) is 35.8. The predicted molar refractivity (Wildman–Crippen MR) is 186 cm³/mol. The molecule has 0 aliphatic rings. The van der Waals surface area contributed by atoms with Gasteiger partial charge in [-0.05, 0) is 91.4 Å². The molecule has 0 saturated heterocycles. The molecule has 0 heterocycles. The smallest absolute Gasteiger partial charge is 0.213 e. The molecule has 0 bridgehead atoms. The van der Waals surface area contributed by atoms with Gasteiger partial charge in [0.25, 0.3) is 0 Å². The van der Waals surface area contributed by atoms with E-state index in [2.05, 4.69) is 138 Å². The molecule has 0 atom stereocenters. The quantitative estimate of drug-likeness (QED) is 0.345. The second-order valence-electron chi connectivity index (χ2n) is 13.5. The Hall–Kier alpha value is -1.16. The van der Waals surface area contributed by atoms with Crippen molar-refractivity contribution in [3.63, 3.8) is 0 Å². The molecule has 0 spiro atoms. The van der Waals surface area contributed by atoms with Gasteiger partial charge in [-0.25, -0.2) is 0 Å². The zero-order valence-corrected chi connectivity index (χ0v) is 32.2. The summed E-state index contributed by atoms with van der Waals surface area (Å²) in [6.07, 6.45) is 0. The second kappa shape index (κ2) is 11.6. The molecule has 3 rings (SSSR count). The van der Waals surface area contributed by atoms with Gasteiger partial charge in [-0.1, -0.05) is 91.1 Å². The van der Waals surface area contributed by atoms with Crippen molar-refractivity contribution in [1.82, 2.24) is 0 Å². The summed E-state index contributed by atoms with van der Waals surface area (Å²) in [6.45, 7) is 27.1. The van der Waals surface area contributed by atoms with Gasteiger partial charge in [-0.15, -0.1) is 0 Å². The van der Waals surface area contributed by atoms with Crippen molar-refractivity contribution in [2.45, 2.75) is 78.6 Å². The number of hydrogen-bond acceptors (Lipinski definition) is 3. The first-order chi connectivity index (χ1) is 17.7.